The lowest BCUT2D eigenvalue weighted by molar-refractivity contribution is 0.335. The number of nitrogens with zero attached hydrogens (tertiary/aromatic N) is 1. The molecule has 1 aliphatic heterocycles. The molecule has 0 radical (unpaired) electrons. The molecule has 3 heteroatoms. The zero-order valence-electron chi connectivity index (χ0n) is 17.2. The van der Waals surface area contributed by atoms with Crippen molar-refractivity contribution < 1.29 is 0 Å². The summed E-state index contributed by atoms with van der Waals surface area (Å²) in [7, 11) is 0. The standard InChI is InChI=1S/C26H30N2S/c1-2-3-20-29-26-12-11-25-23(13-16-27-25)24(26)10-7-17-28-18-14-22(15-19-28)21-8-5-4-6-9-21/h4-14,16,27H,2-3,15,17-20H2,1H3. The molecule has 1 aliphatic rings. The van der Waals surface area contributed by atoms with E-state index in [-0.39, 0.29) is 0 Å². The average molecular weight is 403 g/mol. The second kappa shape index (κ2) is 10.00. The third kappa shape index (κ3) is 5.04. The Bertz CT molecular complexity index is 984. The van der Waals surface area contributed by atoms with Crippen LogP contribution in [0.1, 0.15) is 37.3 Å². The third-order valence-electron chi connectivity index (χ3n) is 5.58. The number of hydrogen-bond donors (Lipinski definition) is 1. The van der Waals surface area contributed by atoms with E-state index in [1.807, 2.05) is 18.0 Å². The van der Waals surface area contributed by atoms with Gasteiger partial charge in [0.05, 0.1) is 0 Å². The number of rotatable bonds is 8. The SMILES string of the molecule is CCCCSc1ccc2[nH]ccc2c1C=CCN1CC=C(c2ccccc2)CC1. The van der Waals surface area contributed by atoms with Crippen molar-refractivity contribution >= 4 is 34.3 Å². The van der Waals surface area contributed by atoms with Crippen molar-refractivity contribution in [3.63, 3.8) is 0 Å². The van der Waals surface area contributed by atoms with Crippen LogP contribution in [-0.4, -0.2) is 35.3 Å². The molecule has 1 aromatic heterocycles. The monoisotopic (exact) mass is 402 g/mol. The Morgan fingerprint density at radius 3 is 2.79 bits per heavy atom. The van der Waals surface area contributed by atoms with E-state index in [9.17, 15) is 0 Å². The van der Waals surface area contributed by atoms with Crippen molar-refractivity contribution in [2.45, 2.75) is 31.1 Å². The van der Waals surface area contributed by atoms with Gasteiger partial charge in [0.1, 0.15) is 0 Å². The number of aromatic amines is 1. The highest BCUT2D eigenvalue weighted by Crippen LogP contribution is 2.31. The van der Waals surface area contributed by atoms with Gasteiger partial charge in [0, 0.05) is 41.6 Å². The number of H-pyrrole nitrogens is 1. The van der Waals surface area contributed by atoms with Crippen LogP contribution in [0.2, 0.25) is 0 Å². The summed E-state index contributed by atoms with van der Waals surface area (Å²) in [6, 6.07) is 17.5. The van der Waals surface area contributed by atoms with Crippen LogP contribution < -0.4 is 0 Å². The molecular formula is C26H30N2S. The summed E-state index contributed by atoms with van der Waals surface area (Å²) in [6.45, 7) is 5.41. The maximum absolute atomic E-state index is 3.35. The van der Waals surface area contributed by atoms with E-state index in [4.69, 9.17) is 0 Å². The van der Waals surface area contributed by atoms with Crippen LogP contribution in [0.15, 0.2) is 71.8 Å². The molecule has 0 atom stereocenters. The van der Waals surface area contributed by atoms with Crippen molar-refractivity contribution in [2.24, 2.45) is 0 Å². The number of fused-ring (bicyclic) bond motifs is 1. The van der Waals surface area contributed by atoms with Gasteiger partial charge in [-0.1, -0.05) is 61.9 Å². The molecule has 0 fully saturated rings. The van der Waals surface area contributed by atoms with Crippen LogP contribution in [0.25, 0.3) is 22.6 Å². The Balaban J connectivity index is 1.43. The van der Waals surface area contributed by atoms with E-state index in [2.05, 4.69) is 83.6 Å². The van der Waals surface area contributed by atoms with Gasteiger partial charge in [0.15, 0.2) is 0 Å². The number of unbranched alkanes of at least 4 members (excludes halogenated alkanes) is 1. The molecule has 4 rings (SSSR count). The fourth-order valence-corrected chi connectivity index (χ4v) is 5.02. The number of aromatic nitrogens is 1. The fraction of sp³-hybridized carbons (Fsp3) is 0.308. The molecule has 3 aromatic rings. The van der Waals surface area contributed by atoms with Crippen LogP contribution in [0.5, 0.6) is 0 Å². The van der Waals surface area contributed by atoms with Gasteiger partial charge in [-0.2, -0.15) is 0 Å². The van der Waals surface area contributed by atoms with Gasteiger partial charge in [-0.15, -0.1) is 11.8 Å². The van der Waals surface area contributed by atoms with Crippen LogP contribution in [0.4, 0.5) is 0 Å². The lowest BCUT2D eigenvalue weighted by Gasteiger charge is -2.25. The lowest BCUT2D eigenvalue weighted by atomic mass is 9.99. The highest BCUT2D eigenvalue weighted by Gasteiger charge is 2.12. The van der Waals surface area contributed by atoms with Crippen molar-refractivity contribution in [3.8, 4) is 0 Å². The highest BCUT2D eigenvalue weighted by atomic mass is 32.2. The molecule has 0 unspecified atom stereocenters. The quantitative estimate of drug-likeness (QED) is 0.328. The van der Waals surface area contributed by atoms with Gasteiger partial charge < -0.3 is 4.98 Å². The molecule has 0 spiro atoms. The molecule has 2 aromatic carbocycles. The van der Waals surface area contributed by atoms with E-state index in [0.29, 0.717) is 0 Å². The van der Waals surface area contributed by atoms with E-state index in [1.54, 1.807) is 0 Å². The van der Waals surface area contributed by atoms with Crippen LogP contribution in [0, 0.1) is 0 Å². The molecule has 0 saturated carbocycles. The Labute approximate surface area is 178 Å². The van der Waals surface area contributed by atoms with Crippen LogP contribution in [0.3, 0.4) is 0 Å². The summed E-state index contributed by atoms with van der Waals surface area (Å²) in [5.74, 6) is 1.19. The maximum atomic E-state index is 3.35. The minimum Gasteiger partial charge on any atom is -0.361 e. The predicted octanol–water partition coefficient (Wildman–Crippen LogP) is 6.86. The fourth-order valence-electron chi connectivity index (χ4n) is 3.87. The van der Waals surface area contributed by atoms with Gasteiger partial charge in [0.25, 0.3) is 0 Å². The summed E-state index contributed by atoms with van der Waals surface area (Å²) in [4.78, 5) is 7.27. The molecule has 2 heterocycles. The van der Waals surface area contributed by atoms with Gasteiger partial charge >= 0.3 is 0 Å². The first-order valence-electron chi connectivity index (χ1n) is 10.7. The molecule has 150 valence electrons. The predicted molar refractivity (Wildman–Crippen MR) is 128 cm³/mol. The van der Waals surface area contributed by atoms with Crippen molar-refractivity contribution in [2.75, 3.05) is 25.4 Å². The lowest BCUT2D eigenvalue weighted by Crippen LogP contribution is -2.28. The molecular weight excluding hydrogens is 372 g/mol. The van der Waals surface area contributed by atoms with Crippen LogP contribution >= 0.6 is 11.8 Å². The highest BCUT2D eigenvalue weighted by molar-refractivity contribution is 7.99. The van der Waals surface area contributed by atoms with Gasteiger partial charge in [0.2, 0.25) is 0 Å². The Kier molecular flexibility index (Phi) is 6.91. The largest absolute Gasteiger partial charge is 0.361 e. The number of hydrogen-bond acceptors (Lipinski definition) is 2. The van der Waals surface area contributed by atoms with Crippen molar-refractivity contribution in [1.29, 1.82) is 0 Å². The second-order valence-corrected chi connectivity index (χ2v) is 8.76. The van der Waals surface area contributed by atoms with E-state index in [0.717, 1.165) is 26.1 Å². The minimum absolute atomic E-state index is 0.998. The zero-order chi connectivity index (χ0) is 19.9. The summed E-state index contributed by atoms with van der Waals surface area (Å²) < 4.78 is 0. The van der Waals surface area contributed by atoms with E-state index >= 15 is 0 Å². The molecule has 0 saturated heterocycles. The molecule has 0 amide bonds. The molecule has 0 aliphatic carbocycles. The number of benzene rings is 2. The van der Waals surface area contributed by atoms with Gasteiger partial charge in [-0.05, 0) is 53.5 Å². The van der Waals surface area contributed by atoms with Crippen LogP contribution in [-0.2, 0) is 0 Å². The Morgan fingerprint density at radius 1 is 1.10 bits per heavy atom. The summed E-state index contributed by atoms with van der Waals surface area (Å²) in [5, 5.41) is 1.33. The summed E-state index contributed by atoms with van der Waals surface area (Å²) in [6.07, 6.45) is 12.8. The summed E-state index contributed by atoms with van der Waals surface area (Å²) >= 11 is 1.99. The van der Waals surface area contributed by atoms with Gasteiger partial charge in [-0.3, -0.25) is 4.90 Å². The first-order valence-corrected chi connectivity index (χ1v) is 11.7. The van der Waals surface area contributed by atoms with Gasteiger partial charge in [-0.25, -0.2) is 0 Å². The topological polar surface area (TPSA) is 19.0 Å². The average Bonchev–Trinajstić information content (AvgIpc) is 3.25. The minimum atomic E-state index is 0.998. The smallest absolute Gasteiger partial charge is 0.0460 e. The zero-order valence-corrected chi connectivity index (χ0v) is 18.0. The first-order chi connectivity index (χ1) is 14.3. The Morgan fingerprint density at radius 2 is 2.00 bits per heavy atom. The third-order valence-corrected chi connectivity index (χ3v) is 6.74. The van der Waals surface area contributed by atoms with E-state index < -0.39 is 0 Å². The van der Waals surface area contributed by atoms with Crippen molar-refractivity contribution in [1.82, 2.24) is 9.88 Å². The normalized spacial score (nSPS) is 15.3. The molecule has 0 bridgehead atoms. The molecule has 29 heavy (non-hydrogen) atoms. The maximum Gasteiger partial charge on any atom is 0.0460 e. The molecule has 2 nitrogen and oxygen atoms in total. The first kappa shape index (κ1) is 20.1. The molecule has 1 N–H and O–H groups in total. The van der Waals surface area contributed by atoms with E-state index in [1.165, 1.54) is 51.1 Å². The number of thioether (sulfide) groups is 1. The van der Waals surface area contributed by atoms with Crippen molar-refractivity contribution in [3.05, 3.63) is 78.0 Å². The number of nitrogens with one attached hydrogen (secondary N) is 1. The summed E-state index contributed by atoms with van der Waals surface area (Å²) in [5.41, 5.74) is 5.44. The second-order valence-electron chi connectivity index (χ2n) is 7.63. The Hall–Kier alpha value is -2.23.